The van der Waals surface area contributed by atoms with E-state index in [1.165, 1.54) is 24.3 Å². The lowest BCUT2D eigenvalue weighted by Crippen LogP contribution is -2.12. The number of nitrogens with two attached hydrogens (primary N) is 2. The molecule has 0 heterocycles. The number of rotatable bonds is 4. The Kier molecular flexibility index (Phi) is 3.86. The predicted molar refractivity (Wildman–Crippen MR) is 79.0 cm³/mol. The van der Waals surface area contributed by atoms with E-state index in [1.54, 1.807) is 18.2 Å². The van der Waals surface area contributed by atoms with Crippen LogP contribution in [0.15, 0.2) is 47.4 Å². The minimum Gasteiger partial charge on any atom is -0.454 e. The Balaban J connectivity index is 2.40. The van der Waals surface area contributed by atoms with Gasteiger partial charge in [-0.1, -0.05) is 12.1 Å². The first-order valence-corrected chi connectivity index (χ1v) is 7.84. The van der Waals surface area contributed by atoms with Crippen molar-refractivity contribution in [2.24, 2.45) is 5.73 Å². The number of anilines is 1. The van der Waals surface area contributed by atoms with Crippen LogP contribution in [0.2, 0.25) is 0 Å². The number of sulfone groups is 1. The Morgan fingerprint density at radius 1 is 1.10 bits per heavy atom. The number of primary amides is 1. The quantitative estimate of drug-likeness (QED) is 0.832. The van der Waals surface area contributed by atoms with Crippen LogP contribution in [-0.4, -0.2) is 20.6 Å². The molecule has 0 aliphatic rings. The third-order valence-corrected chi connectivity index (χ3v) is 3.89. The summed E-state index contributed by atoms with van der Waals surface area (Å²) in [4.78, 5) is 11.4. The van der Waals surface area contributed by atoms with Gasteiger partial charge in [0.1, 0.15) is 11.5 Å². The summed E-state index contributed by atoms with van der Waals surface area (Å²) in [7, 11) is -3.35. The summed E-state index contributed by atoms with van der Waals surface area (Å²) in [6, 6.07) is 10.6. The zero-order valence-electron chi connectivity index (χ0n) is 11.2. The van der Waals surface area contributed by atoms with E-state index in [9.17, 15) is 13.2 Å². The van der Waals surface area contributed by atoms with Crippen LogP contribution in [0.5, 0.6) is 11.5 Å². The molecule has 4 N–H and O–H groups in total. The molecule has 0 aliphatic carbocycles. The molecule has 2 aromatic rings. The van der Waals surface area contributed by atoms with Crippen molar-refractivity contribution in [1.29, 1.82) is 0 Å². The molecule has 6 nitrogen and oxygen atoms in total. The molecular formula is C14H14N2O4S. The molecule has 0 radical (unpaired) electrons. The van der Waals surface area contributed by atoms with Gasteiger partial charge in [-0.25, -0.2) is 8.42 Å². The van der Waals surface area contributed by atoms with Gasteiger partial charge in [-0.05, 0) is 30.3 Å². The van der Waals surface area contributed by atoms with E-state index < -0.39 is 15.7 Å². The summed E-state index contributed by atoms with van der Waals surface area (Å²) in [6.45, 7) is 0. The third-order valence-electron chi connectivity index (χ3n) is 2.78. The number of carbonyl (C=O) groups is 1. The van der Waals surface area contributed by atoms with Crippen molar-refractivity contribution in [3.05, 3.63) is 48.0 Å². The number of carbonyl (C=O) groups excluding carboxylic acids is 1. The average molecular weight is 306 g/mol. The molecule has 0 bridgehead atoms. The maximum atomic E-state index is 11.4. The zero-order valence-corrected chi connectivity index (χ0v) is 12.1. The smallest absolute Gasteiger partial charge is 0.252 e. The lowest BCUT2D eigenvalue weighted by atomic mass is 10.2. The van der Waals surface area contributed by atoms with Crippen LogP contribution < -0.4 is 16.2 Å². The molecule has 2 aromatic carbocycles. The highest BCUT2D eigenvalue weighted by atomic mass is 32.2. The van der Waals surface area contributed by atoms with Crippen LogP contribution in [-0.2, 0) is 9.84 Å². The van der Waals surface area contributed by atoms with Crippen molar-refractivity contribution < 1.29 is 17.9 Å². The van der Waals surface area contributed by atoms with Gasteiger partial charge in [-0.3, -0.25) is 4.79 Å². The maximum Gasteiger partial charge on any atom is 0.252 e. The minimum atomic E-state index is -3.35. The molecule has 0 aromatic heterocycles. The maximum absolute atomic E-state index is 11.4. The summed E-state index contributed by atoms with van der Waals surface area (Å²) < 4.78 is 28.4. The molecule has 2 rings (SSSR count). The fraction of sp³-hybridized carbons (Fsp3) is 0.0714. The molecule has 0 fully saturated rings. The van der Waals surface area contributed by atoms with Gasteiger partial charge in [0, 0.05) is 6.26 Å². The van der Waals surface area contributed by atoms with Gasteiger partial charge >= 0.3 is 0 Å². The first kappa shape index (κ1) is 14.9. The zero-order chi connectivity index (χ0) is 15.6. The van der Waals surface area contributed by atoms with Crippen molar-refractivity contribution >= 4 is 21.4 Å². The van der Waals surface area contributed by atoms with E-state index in [0.717, 1.165) is 6.26 Å². The molecule has 21 heavy (non-hydrogen) atoms. The number of hydrogen-bond donors (Lipinski definition) is 2. The Labute approximate surface area is 122 Å². The van der Waals surface area contributed by atoms with Crippen molar-refractivity contribution in [3.63, 3.8) is 0 Å². The molecule has 0 atom stereocenters. The molecular weight excluding hydrogens is 292 g/mol. The van der Waals surface area contributed by atoms with Gasteiger partial charge in [0.05, 0.1) is 16.1 Å². The average Bonchev–Trinajstić information content (AvgIpc) is 2.40. The summed E-state index contributed by atoms with van der Waals surface area (Å²) in [6.07, 6.45) is 1.09. The molecule has 0 saturated heterocycles. The third kappa shape index (κ3) is 3.32. The number of para-hydroxylation sites is 1. The standard InChI is InChI=1S/C14H14N2O4S/c1-21(18,19)9-6-7-13(11(15)8-9)20-12-5-3-2-4-10(12)14(16)17/h2-8H,15H2,1H3,(H2,16,17). The molecule has 0 saturated carbocycles. The Bertz CT molecular complexity index is 800. The van der Waals surface area contributed by atoms with Crippen molar-refractivity contribution in [2.75, 3.05) is 12.0 Å². The highest BCUT2D eigenvalue weighted by Crippen LogP contribution is 2.31. The number of hydrogen-bond acceptors (Lipinski definition) is 5. The lowest BCUT2D eigenvalue weighted by Gasteiger charge is -2.11. The van der Waals surface area contributed by atoms with E-state index in [0.29, 0.717) is 0 Å². The summed E-state index contributed by atoms with van der Waals surface area (Å²) in [5.41, 5.74) is 11.4. The van der Waals surface area contributed by atoms with Crippen LogP contribution in [0.1, 0.15) is 10.4 Å². The number of amides is 1. The second-order valence-electron chi connectivity index (χ2n) is 4.43. The largest absolute Gasteiger partial charge is 0.454 e. The molecule has 1 amide bonds. The Hall–Kier alpha value is -2.54. The summed E-state index contributed by atoms with van der Waals surface area (Å²) >= 11 is 0. The van der Waals surface area contributed by atoms with E-state index in [-0.39, 0.29) is 27.6 Å². The van der Waals surface area contributed by atoms with Crippen molar-refractivity contribution in [2.45, 2.75) is 4.90 Å². The highest BCUT2D eigenvalue weighted by Gasteiger charge is 2.13. The van der Waals surface area contributed by atoms with Gasteiger partial charge in [0.2, 0.25) is 0 Å². The summed E-state index contributed by atoms with van der Waals surface area (Å²) in [5.74, 6) is -0.128. The fourth-order valence-corrected chi connectivity index (χ4v) is 2.38. The first-order chi connectivity index (χ1) is 9.79. The second-order valence-corrected chi connectivity index (χ2v) is 6.45. The second kappa shape index (κ2) is 5.45. The van der Waals surface area contributed by atoms with Crippen molar-refractivity contribution in [1.82, 2.24) is 0 Å². The summed E-state index contributed by atoms with van der Waals surface area (Å²) in [5, 5.41) is 0. The SMILES string of the molecule is CS(=O)(=O)c1ccc(Oc2ccccc2C(N)=O)c(N)c1. The van der Waals surface area contributed by atoms with E-state index in [1.807, 2.05) is 0 Å². The van der Waals surface area contributed by atoms with Gasteiger partial charge in [0.15, 0.2) is 9.84 Å². The first-order valence-electron chi connectivity index (χ1n) is 5.95. The van der Waals surface area contributed by atoms with Crippen LogP contribution in [0.4, 0.5) is 5.69 Å². The van der Waals surface area contributed by atoms with Crippen molar-refractivity contribution in [3.8, 4) is 11.5 Å². The fourth-order valence-electron chi connectivity index (χ4n) is 1.73. The minimum absolute atomic E-state index is 0.0931. The molecule has 110 valence electrons. The molecule has 0 aliphatic heterocycles. The van der Waals surface area contributed by atoms with Gasteiger partial charge in [0.25, 0.3) is 5.91 Å². The monoisotopic (exact) mass is 306 g/mol. The number of nitrogen functional groups attached to an aromatic ring is 1. The Morgan fingerprint density at radius 3 is 2.33 bits per heavy atom. The topological polar surface area (TPSA) is 112 Å². The van der Waals surface area contributed by atoms with E-state index in [4.69, 9.17) is 16.2 Å². The number of ether oxygens (including phenoxy) is 1. The van der Waals surface area contributed by atoms with Gasteiger partial charge in [-0.15, -0.1) is 0 Å². The van der Waals surface area contributed by atoms with Crippen LogP contribution in [0.25, 0.3) is 0 Å². The van der Waals surface area contributed by atoms with Crippen LogP contribution in [0, 0.1) is 0 Å². The molecule has 7 heteroatoms. The van der Waals surface area contributed by atoms with Gasteiger partial charge in [-0.2, -0.15) is 0 Å². The number of benzene rings is 2. The van der Waals surface area contributed by atoms with Crippen LogP contribution >= 0.6 is 0 Å². The van der Waals surface area contributed by atoms with Gasteiger partial charge < -0.3 is 16.2 Å². The van der Waals surface area contributed by atoms with E-state index in [2.05, 4.69) is 0 Å². The molecule has 0 unspecified atom stereocenters. The van der Waals surface area contributed by atoms with E-state index >= 15 is 0 Å². The normalized spacial score (nSPS) is 11.1. The van der Waals surface area contributed by atoms with Crippen LogP contribution in [0.3, 0.4) is 0 Å². The Morgan fingerprint density at radius 2 is 1.76 bits per heavy atom. The molecule has 0 spiro atoms. The highest BCUT2D eigenvalue weighted by molar-refractivity contribution is 7.90. The predicted octanol–water partition coefficient (Wildman–Crippen LogP) is 1.56. The lowest BCUT2D eigenvalue weighted by molar-refractivity contribution is 0.0998.